The van der Waals surface area contributed by atoms with E-state index >= 15 is 0 Å². The molecule has 1 aromatic carbocycles. The number of fused-ring (bicyclic) bond motifs is 1. The molecule has 98 valence electrons. The third kappa shape index (κ3) is 2.32. The molecule has 1 aliphatic rings. The number of amides is 1. The van der Waals surface area contributed by atoms with Gasteiger partial charge in [0.05, 0.1) is 6.61 Å². The van der Waals surface area contributed by atoms with Gasteiger partial charge in [0.2, 0.25) is 5.91 Å². The van der Waals surface area contributed by atoms with Crippen LogP contribution in [0.15, 0.2) is 18.2 Å². The molecule has 1 atom stereocenters. The van der Waals surface area contributed by atoms with E-state index in [4.69, 9.17) is 10.5 Å². The topological polar surface area (TPSA) is 67.6 Å². The zero-order chi connectivity index (χ0) is 13.1. The van der Waals surface area contributed by atoms with Crippen molar-refractivity contribution in [1.82, 2.24) is 0 Å². The van der Waals surface area contributed by atoms with Crippen LogP contribution < -0.4 is 16.0 Å². The number of nitrogens with two attached hydrogens (primary N) is 1. The third-order valence-corrected chi connectivity index (χ3v) is 3.22. The Morgan fingerprint density at radius 2 is 2.28 bits per heavy atom. The lowest BCUT2D eigenvalue weighted by Gasteiger charge is -2.23. The van der Waals surface area contributed by atoms with Gasteiger partial charge in [-0.05, 0) is 19.1 Å². The average Bonchev–Trinajstić information content (AvgIpc) is 2.66. The average molecular weight is 249 g/mol. The minimum atomic E-state index is -0.539. The van der Waals surface area contributed by atoms with E-state index < -0.39 is 6.04 Å². The minimum Gasteiger partial charge on any atom is -0.383 e. The molecular formula is C13H19N3O2. The number of hydrogen-bond acceptors (Lipinski definition) is 4. The Morgan fingerprint density at radius 1 is 1.50 bits per heavy atom. The highest BCUT2D eigenvalue weighted by Crippen LogP contribution is 2.32. The van der Waals surface area contributed by atoms with Crippen molar-refractivity contribution in [3.8, 4) is 0 Å². The Bertz CT molecular complexity index is 448. The van der Waals surface area contributed by atoms with E-state index in [0.29, 0.717) is 6.61 Å². The molecule has 0 fully saturated rings. The normalized spacial score (nSPS) is 17.5. The highest BCUT2D eigenvalue weighted by Gasteiger charge is 2.27. The number of nitrogens with one attached hydrogen (secondary N) is 1. The van der Waals surface area contributed by atoms with Crippen LogP contribution in [0.3, 0.4) is 0 Å². The first kappa shape index (κ1) is 12.9. The monoisotopic (exact) mass is 249 g/mol. The highest BCUT2D eigenvalue weighted by molar-refractivity contribution is 6.02. The Balaban J connectivity index is 2.21. The highest BCUT2D eigenvalue weighted by atomic mass is 16.5. The van der Waals surface area contributed by atoms with E-state index in [0.717, 1.165) is 30.0 Å². The van der Waals surface area contributed by atoms with E-state index in [1.807, 2.05) is 18.2 Å². The molecule has 0 aromatic heterocycles. The fourth-order valence-electron chi connectivity index (χ4n) is 2.14. The van der Waals surface area contributed by atoms with Gasteiger partial charge < -0.3 is 20.7 Å². The maximum absolute atomic E-state index is 11.5. The largest absolute Gasteiger partial charge is 0.383 e. The van der Waals surface area contributed by atoms with Crippen molar-refractivity contribution in [2.24, 2.45) is 5.73 Å². The van der Waals surface area contributed by atoms with Gasteiger partial charge in [0.25, 0.3) is 0 Å². The van der Waals surface area contributed by atoms with Crippen molar-refractivity contribution in [1.29, 1.82) is 0 Å². The molecule has 0 spiro atoms. The summed E-state index contributed by atoms with van der Waals surface area (Å²) in [6, 6.07) is 5.35. The first-order valence-corrected chi connectivity index (χ1v) is 6.11. The van der Waals surface area contributed by atoms with Crippen LogP contribution in [0.1, 0.15) is 18.5 Å². The molecule has 18 heavy (non-hydrogen) atoms. The maximum Gasteiger partial charge on any atom is 0.245 e. The van der Waals surface area contributed by atoms with Crippen LogP contribution in [0.25, 0.3) is 0 Å². The second kappa shape index (κ2) is 5.37. The van der Waals surface area contributed by atoms with Crippen molar-refractivity contribution in [3.63, 3.8) is 0 Å². The first-order valence-electron chi connectivity index (χ1n) is 6.11. The molecule has 1 aromatic rings. The molecule has 0 saturated heterocycles. The molecule has 0 radical (unpaired) electrons. The maximum atomic E-state index is 11.5. The Hall–Kier alpha value is -1.59. The first-order chi connectivity index (χ1) is 8.67. The van der Waals surface area contributed by atoms with E-state index in [-0.39, 0.29) is 5.91 Å². The number of likely N-dealkylation sites (N-methyl/N-ethyl adjacent to an activating group) is 1. The minimum absolute atomic E-state index is 0.137. The van der Waals surface area contributed by atoms with Gasteiger partial charge in [0, 0.05) is 37.1 Å². The summed E-state index contributed by atoms with van der Waals surface area (Å²) in [6.07, 6.45) is 0. The van der Waals surface area contributed by atoms with Gasteiger partial charge in [0.1, 0.15) is 6.04 Å². The molecule has 0 saturated carbocycles. The zero-order valence-electron chi connectivity index (χ0n) is 10.8. The van der Waals surface area contributed by atoms with Gasteiger partial charge >= 0.3 is 0 Å². The van der Waals surface area contributed by atoms with E-state index in [9.17, 15) is 4.79 Å². The van der Waals surface area contributed by atoms with Crippen molar-refractivity contribution < 1.29 is 9.53 Å². The Morgan fingerprint density at radius 3 is 2.94 bits per heavy atom. The molecule has 1 unspecified atom stereocenters. The number of anilines is 2. The second-order valence-corrected chi connectivity index (χ2v) is 4.31. The second-order valence-electron chi connectivity index (χ2n) is 4.31. The summed E-state index contributed by atoms with van der Waals surface area (Å²) in [4.78, 5) is 13.7. The van der Waals surface area contributed by atoms with Crippen LogP contribution in [0.5, 0.6) is 0 Å². The summed E-state index contributed by atoms with van der Waals surface area (Å²) >= 11 is 0. The molecule has 1 aliphatic heterocycles. The van der Waals surface area contributed by atoms with Crippen LogP contribution >= 0.6 is 0 Å². The molecule has 5 nitrogen and oxygen atoms in total. The molecule has 0 bridgehead atoms. The van der Waals surface area contributed by atoms with Crippen molar-refractivity contribution in [2.45, 2.75) is 13.0 Å². The predicted octanol–water partition coefficient (Wildman–Crippen LogP) is 1.11. The van der Waals surface area contributed by atoms with E-state index in [1.165, 1.54) is 0 Å². The fraction of sp³-hybridized carbons (Fsp3) is 0.462. The van der Waals surface area contributed by atoms with Gasteiger partial charge in [-0.3, -0.25) is 4.79 Å². The molecule has 0 aliphatic carbocycles. The van der Waals surface area contributed by atoms with Crippen molar-refractivity contribution in [2.75, 3.05) is 37.0 Å². The quantitative estimate of drug-likeness (QED) is 0.820. The van der Waals surface area contributed by atoms with Gasteiger partial charge in [-0.1, -0.05) is 6.07 Å². The lowest BCUT2D eigenvalue weighted by atomic mass is 10.1. The Labute approximate surface area is 107 Å². The number of carbonyl (C=O) groups is 1. The fourth-order valence-corrected chi connectivity index (χ4v) is 2.14. The third-order valence-electron chi connectivity index (χ3n) is 3.22. The van der Waals surface area contributed by atoms with Gasteiger partial charge in [-0.25, -0.2) is 0 Å². The molecule has 3 N–H and O–H groups in total. The van der Waals surface area contributed by atoms with Crippen LogP contribution in [0.4, 0.5) is 11.4 Å². The van der Waals surface area contributed by atoms with Crippen LogP contribution in [0.2, 0.25) is 0 Å². The number of rotatable bonds is 5. The molecule has 1 amide bonds. The summed E-state index contributed by atoms with van der Waals surface area (Å²) in [5, 5.41) is 2.80. The van der Waals surface area contributed by atoms with Crippen molar-refractivity contribution in [3.05, 3.63) is 23.8 Å². The number of methoxy groups -OCH3 is 1. The summed E-state index contributed by atoms with van der Waals surface area (Å²) in [7, 11) is 1.69. The molecular weight excluding hydrogens is 230 g/mol. The van der Waals surface area contributed by atoms with Gasteiger partial charge in [-0.2, -0.15) is 0 Å². The predicted molar refractivity (Wildman–Crippen MR) is 71.8 cm³/mol. The van der Waals surface area contributed by atoms with Crippen LogP contribution in [-0.2, 0) is 9.53 Å². The van der Waals surface area contributed by atoms with Crippen LogP contribution in [-0.4, -0.2) is 32.7 Å². The lowest BCUT2D eigenvalue weighted by Crippen LogP contribution is -2.26. The van der Waals surface area contributed by atoms with E-state index in [2.05, 4.69) is 17.1 Å². The molecule has 2 rings (SSSR count). The van der Waals surface area contributed by atoms with E-state index in [1.54, 1.807) is 7.11 Å². The summed E-state index contributed by atoms with van der Waals surface area (Å²) in [5.74, 6) is -0.137. The number of benzene rings is 1. The summed E-state index contributed by atoms with van der Waals surface area (Å²) < 4.78 is 5.09. The van der Waals surface area contributed by atoms with Crippen LogP contribution in [0, 0.1) is 0 Å². The van der Waals surface area contributed by atoms with Gasteiger partial charge in [0.15, 0.2) is 0 Å². The summed E-state index contributed by atoms with van der Waals surface area (Å²) in [6.45, 7) is 4.48. The lowest BCUT2D eigenvalue weighted by molar-refractivity contribution is -0.116. The standard InChI is InChI=1S/C13H19N3O2/c1-3-16(6-7-18-2)9-4-5-10-11(8-9)15-13(17)12(10)14/h4-5,8,12H,3,6-7,14H2,1-2H3,(H,15,17). The zero-order valence-corrected chi connectivity index (χ0v) is 10.8. The number of nitrogens with zero attached hydrogens (tertiary/aromatic N) is 1. The smallest absolute Gasteiger partial charge is 0.245 e. The number of ether oxygens (including phenoxy) is 1. The Kier molecular flexibility index (Phi) is 3.84. The summed E-state index contributed by atoms with van der Waals surface area (Å²) in [5.41, 5.74) is 8.54. The van der Waals surface area contributed by atoms with Crippen molar-refractivity contribution >= 4 is 17.3 Å². The molecule has 1 heterocycles. The molecule has 5 heteroatoms. The van der Waals surface area contributed by atoms with Gasteiger partial charge in [-0.15, -0.1) is 0 Å². The SMILES string of the molecule is CCN(CCOC)c1ccc2c(c1)NC(=O)C2N. The number of carbonyl (C=O) groups excluding carboxylic acids is 1. The number of hydrogen-bond donors (Lipinski definition) is 2.